The number of aromatic nitrogens is 2. The molecule has 5 nitrogen and oxygen atoms in total. The van der Waals surface area contributed by atoms with Gasteiger partial charge in [-0.2, -0.15) is 5.10 Å². The Morgan fingerprint density at radius 1 is 1.47 bits per heavy atom. The Morgan fingerprint density at radius 3 is 2.71 bits per heavy atom. The summed E-state index contributed by atoms with van der Waals surface area (Å²) in [6.45, 7) is 8.28. The van der Waals surface area contributed by atoms with Gasteiger partial charge in [0.25, 0.3) is 0 Å². The highest BCUT2D eigenvalue weighted by molar-refractivity contribution is 5.02. The van der Waals surface area contributed by atoms with Crippen LogP contribution in [0, 0.1) is 0 Å². The molecule has 1 aromatic rings. The molecule has 1 aromatic heterocycles. The van der Waals surface area contributed by atoms with Gasteiger partial charge in [-0.1, -0.05) is 13.8 Å². The fourth-order valence-electron chi connectivity index (χ4n) is 1.79. The molecule has 2 N–H and O–H groups in total. The molecular weight excluding hydrogens is 216 g/mol. The van der Waals surface area contributed by atoms with Crippen LogP contribution < -0.4 is 5.32 Å². The first kappa shape index (κ1) is 14.2. The Morgan fingerprint density at radius 2 is 2.18 bits per heavy atom. The highest BCUT2D eigenvalue weighted by Gasteiger charge is 2.08. The van der Waals surface area contributed by atoms with Crippen LogP contribution in [0.4, 0.5) is 0 Å². The minimum atomic E-state index is -0.313. The first-order valence-corrected chi connectivity index (χ1v) is 6.24. The van der Waals surface area contributed by atoms with Gasteiger partial charge >= 0.3 is 0 Å². The summed E-state index contributed by atoms with van der Waals surface area (Å²) in [6.07, 6.45) is 3.50. The molecule has 5 heteroatoms. The van der Waals surface area contributed by atoms with Crippen molar-refractivity contribution in [3.8, 4) is 0 Å². The minimum Gasteiger partial charge on any atom is -0.390 e. The number of aryl methyl sites for hydroxylation is 1. The van der Waals surface area contributed by atoms with Gasteiger partial charge in [-0.15, -0.1) is 0 Å². The summed E-state index contributed by atoms with van der Waals surface area (Å²) < 4.78 is 1.78. The van der Waals surface area contributed by atoms with E-state index < -0.39 is 0 Å². The molecule has 0 aliphatic rings. The number of rotatable bonds is 8. The Balaban J connectivity index is 2.17. The molecule has 0 saturated heterocycles. The van der Waals surface area contributed by atoms with E-state index in [2.05, 4.69) is 29.2 Å². The molecule has 0 aromatic carbocycles. The molecule has 1 rings (SSSR count). The number of aliphatic hydroxyl groups is 1. The lowest BCUT2D eigenvalue weighted by atomic mass is 10.3. The summed E-state index contributed by atoms with van der Waals surface area (Å²) in [5.74, 6) is 0. The Hall–Kier alpha value is -0.910. The number of aliphatic hydroxyl groups excluding tert-OH is 1. The third kappa shape index (κ3) is 5.30. The van der Waals surface area contributed by atoms with E-state index in [1.807, 2.05) is 19.4 Å². The van der Waals surface area contributed by atoms with Crippen LogP contribution in [-0.4, -0.2) is 52.1 Å². The van der Waals surface area contributed by atoms with Crippen molar-refractivity contribution >= 4 is 0 Å². The minimum absolute atomic E-state index is 0.313. The van der Waals surface area contributed by atoms with Crippen molar-refractivity contribution in [2.75, 3.05) is 26.2 Å². The Kier molecular flexibility index (Phi) is 6.18. The topological polar surface area (TPSA) is 53.3 Å². The van der Waals surface area contributed by atoms with Crippen LogP contribution in [0.3, 0.4) is 0 Å². The molecule has 98 valence electrons. The van der Waals surface area contributed by atoms with E-state index in [9.17, 15) is 5.11 Å². The van der Waals surface area contributed by atoms with Crippen molar-refractivity contribution in [3.63, 3.8) is 0 Å². The van der Waals surface area contributed by atoms with Crippen molar-refractivity contribution in [1.29, 1.82) is 0 Å². The smallest absolute Gasteiger partial charge is 0.0791 e. The molecule has 0 bridgehead atoms. The van der Waals surface area contributed by atoms with Gasteiger partial charge in [-0.3, -0.25) is 4.68 Å². The van der Waals surface area contributed by atoms with Crippen LogP contribution >= 0.6 is 0 Å². The number of nitrogens with one attached hydrogen (secondary N) is 1. The van der Waals surface area contributed by atoms with Crippen LogP contribution in [0.2, 0.25) is 0 Å². The molecule has 1 unspecified atom stereocenters. The highest BCUT2D eigenvalue weighted by Crippen LogP contribution is 1.96. The van der Waals surface area contributed by atoms with E-state index in [0.717, 1.165) is 31.7 Å². The monoisotopic (exact) mass is 240 g/mol. The fourth-order valence-corrected chi connectivity index (χ4v) is 1.79. The summed E-state index contributed by atoms with van der Waals surface area (Å²) in [4.78, 5) is 2.22. The molecule has 17 heavy (non-hydrogen) atoms. The van der Waals surface area contributed by atoms with Gasteiger partial charge in [-0.05, 0) is 13.1 Å². The summed E-state index contributed by atoms with van der Waals surface area (Å²) in [7, 11) is 1.90. The average Bonchev–Trinajstić information content (AvgIpc) is 2.72. The lowest BCUT2D eigenvalue weighted by Gasteiger charge is -2.21. The van der Waals surface area contributed by atoms with Crippen LogP contribution in [0.25, 0.3) is 0 Å². The average molecular weight is 240 g/mol. The van der Waals surface area contributed by atoms with E-state index in [4.69, 9.17) is 0 Å². The van der Waals surface area contributed by atoms with E-state index in [1.165, 1.54) is 0 Å². The molecule has 0 radical (unpaired) electrons. The summed E-state index contributed by atoms with van der Waals surface area (Å²) in [5.41, 5.74) is 1.14. The molecule has 0 aliphatic heterocycles. The quantitative estimate of drug-likeness (QED) is 0.682. The van der Waals surface area contributed by atoms with Crippen molar-refractivity contribution in [1.82, 2.24) is 20.0 Å². The van der Waals surface area contributed by atoms with Crippen molar-refractivity contribution in [2.45, 2.75) is 26.5 Å². The number of hydrogen-bond donors (Lipinski definition) is 2. The molecule has 1 atom stereocenters. The number of likely N-dealkylation sites (N-methyl/N-ethyl adjacent to an activating group) is 1. The third-order valence-corrected chi connectivity index (χ3v) is 2.83. The van der Waals surface area contributed by atoms with Gasteiger partial charge in [0.1, 0.15) is 0 Å². The predicted molar refractivity (Wildman–Crippen MR) is 68.7 cm³/mol. The molecule has 0 fully saturated rings. The van der Waals surface area contributed by atoms with Gasteiger partial charge in [0.2, 0.25) is 0 Å². The molecule has 0 saturated carbocycles. The van der Waals surface area contributed by atoms with Crippen LogP contribution in [0.15, 0.2) is 12.4 Å². The van der Waals surface area contributed by atoms with Crippen LogP contribution in [0.1, 0.15) is 19.4 Å². The second kappa shape index (κ2) is 7.42. The standard InChI is InChI=1S/C12H24N4O/c1-4-16(5-2)10-12(17)8-13-6-11-7-14-15(3)9-11/h7,9,12-13,17H,4-6,8,10H2,1-3H3. The normalized spacial score (nSPS) is 13.2. The first-order valence-electron chi connectivity index (χ1n) is 6.24. The zero-order chi connectivity index (χ0) is 12.7. The maximum Gasteiger partial charge on any atom is 0.0791 e. The molecule has 1 heterocycles. The highest BCUT2D eigenvalue weighted by atomic mass is 16.3. The van der Waals surface area contributed by atoms with E-state index >= 15 is 0 Å². The Bertz CT molecular complexity index is 309. The van der Waals surface area contributed by atoms with Crippen molar-refractivity contribution in [2.24, 2.45) is 7.05 Å². The SMILES string of the molecule is CCN(CC)CC(O)CNCc1cnn(C)c1. The largest absolute Gasteiger partial charge is 0.390 e. The molecule has 0 spiro atoms. The second-order valence-electron chi connectivity index (χ2n) is 4.29. The molecule has 0 amide bonds. The van der Waals surface area contributed by atoms with Gasteiger partial charge in [0.15, 0.2) is 0 Å². The van der Waals surface area contributed by atoms with Gasteiger partial charge in [-0.25, -0.2) is 0 Å². The van der Waals surface area contributed by atoms with E-state index in [0.29, 0.717) is 6.54 Å². The van der Waals surface area contributed by atoms with E-state index in [1.54, 1.807) is 4.68 Å². The zero-order valence-corrected chi connectivity index (χ0v) is 11.1. The van der Waals surface area contributed by atoms with Gasteiger partial charge in [0, 0.05) is 38.4 Å². The predicted octanol–water partition coefficient (Wildman–Crippen LogP) is 0.212. The summed E-state index contributed by atoms with van der Waals surface area (Å²) in [5, 5.41) is 17.2. The molecular formula is C12H24N4O. The van der Waals surface area contributed by atoms with E-state index in [-0.39, 0.29) is 6.10 Å². The fraction of sp³-hybridized carbons (Fsp3) is 0.750. The number of nitrogens with zero attached hydrogens (tertiary/aromatic N) is 3. The Labute approximate surface area is 103 Å². The van der Waals surface area contributed by atoms with Gasteiger partial charge in [0.05, 0.1) is 12.3 Å². The van der Waals surface area contributed by atoms with Crippen molar-refractivity contribution in [3.05, 3.63) is 18.0 Å². The summed E-state index contributed by atoms with van der Waals surface area (Å²) >= 11 is 0. The van der Waals surface area contributed by atoms with Crippen molar-refractivity contribution < 1.29 is 5.11 Å². The maximum atomic E-state index is 9.84. The van der Waals surface area contributed by atoms with Gasteiger partial charge < -0.3 is 15.3 Å². The maximum absolute atomic E-state index is 9.84. The second-order valence-corrected chi connectivity index (χ2v) is 4.29. The van der Waals surface area contributed by atoms with Crippen LogP contribution in [0.5, 0.6) is 0 Å². The summed E-state index contributed by atoms with van der Waals surface area (Å²) in [6, 6.07) is 0. The number of hydrogen-bond acceptors (Lipinski definition) is 4. The first-order chi connectivity index (χ1) is 8.15. The lowest BCUT2D eigenvalue weighted by molar-refractivity contribution is 0.116. The molecule has 0 aliphatic carbocycles. The zero-order valence-electron chi connectivity index (χ0n) is 11.1. The third-order valence-electron chi connectivity index (χ3n) is 2.83. The lowest BCUT2D eigenvalue weighted by Crippen LogP contribution is -2.38. The van der Waals surface area contributed by atoms with Crippen LogP contribution in [-0.2, 0) is 13.6 Å².